The number of anilines is 1. The topological polar surface area (TPSA) is 93.1 Å². The van der Waals surface area contributed by atoms with Crippen LogP contribution in [0, 0.1) is 5.82 Å². The second-order valence-electron chi connectivity index (χ2n) is 8.23. The molecule has 1 N–H and O–H groups in total. The van der Waals surface area contributed by atoms with Crippen LogP contribution in [-0.4, -0.2) is 72.5 Å². The van der Waals surface area contributed by atoms with Crippen molar-refractivity contribution < 1.29 is 28.2 Å². The summed E-state index contributed by atoms with van der Waals surface area (Å²) in [4.78, 5) is 41.8. The van der Waals surface area contributed by atoms with Gasteiger partial charge in [-0.15, -0.1) is 0 Å². The summed E-state index contributed by atoms with van der Waals surface area (Å²) in [6, 6.07) is 13.9. The largest absolute Gasteiger partial charge is 0.497 e. The van der Waals surface area contributed by atoms with Crippen LogP contribution in [0.1, 0.15) is 20.8 Å². The molecule has 9 nitrogen and oxygen atoms in total. The first kappa shape index (κ1) is 24.8. The first-order valence-electron chi connectivity index (χ1n) is 11.4. The summed E-state index contributed by atoms with van der Waals surface area (Å²) >= 11 is 0. The highest BCUT2D eigenvalue weighted by atomic mass is 19.1. The predicted octanol–water partition coefficient (Wildman–Crippen LogP) is 2.88. The molecule has 1 aliphatic rings. The summed E-state index contributed by atoms with van der Waals surface area (Å²) in [5.41, 5.74) is 1.28. The molecule has 0 unspecified atom stereocenters. The monoisotopic (exact) mass is 494 g/mol. The highest BCUT2D eigenvalue weighted by molar-refractivity contribution is 5.96. The number of nitrogens with zero attached hydrogens (tertiary/aromatic N) is 3. The van der Waals surface area contributed by atoms with Gasteiger partial charge < -0.3 is 29.2 Å². The van der Waals surface area contributed by atoms with Crippen molar-refractivity contribution in [3.05, 3.63) is 77.9 Å². The lowest BCUT2D eigenvalue weighted by atomic mass is 10.1. The molecule has 1 aliphatic heterocycles. The summed E-state index contributed by atoms with van der Waals surface area (Å²) in [5, 5.41) is 2.80. The van der Waals surface area contributed by atoms with Gasteiger partial charge in [-0.2, -0.15) is 0 Å². The van der Waals surface area contributed by atoms with Crippen molar-refractivity contribution in [2.45, 2.75) is 6.54 Å². The van der Waals surface area contributed by atoms with E-state index in [1.807, 2.05) is 0 Å². The minimum Gasteiger partial charge on any atom is -0.497 e. The number of hydrogen-bond acceptors (Lipinski definition) is 5. The van der Waals surface area contributed by atoms with Crippen LogP contribution in [0.2, 0.25) is 0 Å². The van der Waals surface area contributed by atoms with Crippen LogP contribution in [0.25, 0.3) is 0 Å². The molecule has 0 radical (unpaired) electrons. The van der Waals surface area contributed by atoms with E-state index in [0.29, 0.717) is 54.6 Å². The number of carbonyl (C=O) groups is 3. The lowest BCUT2D eigenvalue weighted by Crippen LogP contribution is -2.51. The third-order valence-electron chi connectivity index (χ3n) is 5.99. The Bertz CT molecular complexity index is 1250. The Morgan fingerprint density at radius 3 is 2.19 bits per heavy atom. The molecule has 1 aromatic heterocycles. The molecule has 10 heteroatoms. The molecule has 2 heterocycles. The second-order valence-corrected chi connectivity index (χ2v) is 8.23. The molecule has 2 aromatic carbocycles. The van der Waals surface area contributed by atoms with Gasteiger partial charge in [-0.05, 0) is 48.5 Å². The van der Waals surface area contributed by atoms with E-state index in [2.05, 4.69) is 5.32 Å². The van der Waals surface area contributed by atoms with E-state index in [-0.39, 0.29) is 24.3 Å². The average molecular weight is 495 g/mol. The smallest absolute Gasteiger partial charge is 0.270 e. The van der Waals surface area contributed by atoms with E-state index in [9.17, 15) is 18.8 Å². The van der Waals surface area contributed by atoms with Crippen LogP contribution >= 0.6 is 0 Å². The molecule has 3 aromatic rings. The first-order chi connectivity index (χ1) is 17.4. The predicted molar refractivity (Wildman–Crippen MR) is 131 cm³/mol. The van der Waals surface area contributed by atoms with E-state index >= 15 is 0 Å². The summed E-state index contributed by atoms with van der Waals surface area (Å²) in [6.45, 7) is 1.37. The third-order valence-corrected chi connectivity index (χ3v) is 5.99. The van der Waals surface area contributed by atoms with Crippen molar-refractivity contribution in [1.82, 2.24) is 14.4 Å². The number of hydrogen-bond donors (Lipinski definition) is 1. The Kier molecular flexibility index (Phi) is 7.53. The maximum atomic E-state index is 13.2. The number of aromatic nitrogens is 1. The van der Waals surface area contributed by atoms with Crippen molar-refractivity contribution in [1.29, 1.82) is 0 Å². The number of benzene rings is 2. The quantitative estimate of drug-likeness (QED) is 0.545. The van der Waals surface area contributed by atoms with E-state index < -0.39 is 5.82 Å². The van der Waals surface area contributed by atoms with Gasteiger partial charge in [0.2, 0.25) is 5.91 Å². The SMILES string of the molecule is COc1ccc(NC(=O)Cn2cccc2C(=O)N2CCN(C(=O)c3ccc(F)cc3)CC2)c(OC)c1. The molecule has 0 atom stereocenters. The van der Waals surface area contributed by atoms with Crippen molar-refractivity contribution in [3.63, 3.8) is 0 Å². The van der Waals surface area contributed by atoms with Crippen LogP contribution in [-0.2, 0) is 11.3 Å². The van der Waals surface area contributed by atoms with Gasteiger partial charge in [0.1, 0.15) is 29.6 Å². The molecular weight excluding hydrogens is 467 g/mol. The first-order valence-corrected chi connectivity index (χ1v) is 11.4. The standard InChI is InChI=1S/C26H27FN4O5/c1-35-20-9-10-21(23(16-20)36-2)28-24(32)17-31-11-3-4-22(31)26(34)30-14-12-29(13-15-30)25(33)18-5-7-19(27)8-6-18/h3-11,16H,12-15,17H2,1-2H3,(H,28,32). The number of halogens is 1. The summed E-state index contributed by atoms with van der Waals surface area (Å²) < 4.78 is 25.2. The summed E-state index contributed by atoms with van der Waals surface area (Å²) in [6.07, 6.45) is 1.67. The van der Waals surface area contributed by atoms with Crippen LogP contribution < -0.4 is 14.8 Å². The van der Waals surface area contributed by atoms with E-state index in [4.69, 9.17) is 9.47 Å². The average Bonchev–Trinajstić information content (AvgIpc) is 3.36. The molecule has 0 aliphatic carbocycles. The van der Waals surface area contributed by atoms with Gasteiger partial charge in [0.15, 0.2) is 0 Å². The highest BCUT2D eigenvalue weighted by Crippen LogP contribution is 2.29. The molecule has 1 fully saturated rings. The Morgan fingerprint density at radius 1 is 0.889 bits per heavy atom. The van der Waals surface area contributed by atoms with Crippen molar-refractivity contribution >= 4 is 23.4 Å². The van der Waals surface area contributed by atoms with Crippen LogP contribution in [0.15, 0.2) is 60.8 Å². The second kappa shape index (κ2) is 10.9. The van der Waals surface area contributed by atoms with Crippen LogP contribution in [0.4, 0.5) is 10.1 Å². The zero-order chi connectivity index (χ0) is 25.7. The van der Waals surface area contributed by atoms with E-state index in [1.165, 1.54) is 31.4 Å². The molecule has 0 bridgehead atoms. The third kappa shape index (κ3) is 5.48. The highest BCUT2D eigenvalue weighted by Gasteiger charge is 2.27. The number of nitrogens with one attached hydrogen (secondary N) is 1. The van der Waals surface area contributed by atoms with Gasteiger partial charge >= 0.3 is 0 Å². The zero-order valence-electron chi connectivity index (χ0n) is 20.1. The number of amides is 3. The van der Waals surface area contributed by atoms with Crippen molar-refractivity contribution in [2.75, 3.05) is 45.7 Å². The number of methoxy groups -OCH3 is 2. The fourth-order valence-electron chi connectivity index (χ4n) is 4.04. The maximum absolute atomic E-state index is 13.2. The fraction of sp³-hybridized carbons (Fsp3) is 0.269. The molecule has 3 amide bonds. The minimum atomic E-state index is -0.401. The van der Waals surface area contributed by atoms with E-state index in [0.717, 1.165) is 0 Å². The summed E-state index contributed by atoms with van der Waals surface area (Å²) in [5.74, 6) is -0.0813. The van der Waals surface area contributed by atoms with Gasteiger partial charge in [-0.25, -0.2) is 4.39 Å². The summed E-state index contributed by atoms with van der Waals surface area (Å²) in [7, 11) is 3.04. The number of piperazine rings is 1. The Balaban J connectivity index is 1.36. The molecule has 0 spiro atoms. The van der Waals surface area contributed by atoms with Crippen LogP contribution in [0.3, 0.4) is 0 Å². The number of carbonyl (C=O) groups excluding carboxylic acids is 3. The Hall–Kier alpha value is -4.34. The normalized spacial score (nSPS) is 13.3. The number of ether oxygens (including phenoxy) is 2. The van der Waals surface area contributed by atoms with Gasteiger partial charge in [0, 0.05) is 44.0 Å². The maximum Gasteiger partial charge on any atom is 0.270 e. The number of rotatable bonds is 7. The van der Waals surface area contributed by atoms with Gasteiger partial charge in [-0.1, -0.05) is 0 Å². The molecule has 36 heavy (non-hydrogen) atoms. The molecule has 188 valence electrons. The fourth-order valence-corrected chi connectivity index (χ4v) is 4.04. The van der Waals surface area contributed by atoms with Crippen molar-refractivity contribution in [2.24, 2.45) is 0 Å². The van der Waals surface area contributed by atoms with Crippen molar-refractivity contribution in [3.8, 4) is 11.5 Å². The lowest BCUT2D eigenvalue weighted by Gasteiger charge is -2.35. The molecule has 4 rings (SSSR count). The Morgan fingerprint density at radius 2 is 1.56 bits per heavy atom. The molecule has 0 saturated carbocycles. The van der Waals surface area contributed by atoms with Gasteiger partial charge in [-0.3, -0.25) is 14.4 Å². The Labute approximate surface area is 208 Å². The van der Waals surface area contributed by atoms with E-state index in [1.54, 1.807) is 58.0 Å². The van der Waals surface area contributed by atoms with Gasteiger partial charge in [0.25, 0.3) is 11.8 Å². The lowest BCUT2D eigenvalue weighted by molar-refractivity contribution is -0.116. The van der Waals surface area contributed by atoms with Gasteiger partial charge in [0.05, 0.1) is 19.9 Å². The van der Waals surface area contributed by atoms with Crippen LogP contribution in [0.5, 0.6) is 11.5 Å². The molecular formula is C26H27FN4O5. The minimum absolute atomic E-state index is 0.0632. The molecule has 1 saturated heterocycles. The zero-order valence-corrected chi connectivity index (χ0v) is 20.1.